The fourth-order valence-electron chi connectivity index (χ4n) is 1.14. The number of hydrogen-bond donors (Lipinski definition) is 2. The van der Waals surface area contributed by atoms with E-state index in [1.807, 2.05) is 0 Å². The first kappa shape index (κ1) is 16.9. The lowest BCUT2D eigenvalue weighted by molar-refractivity contribution is -0.117. The standard InChI is InChI=1S/C12H13BrN2O3S2/c1-2-18-12(19)20-7-10(16)15-11(17)14-9-5-3-8(13)4-6-9/h3-6H,2,7H2,1H3,(H2,14,15,16,17). The minimum absolute atomic E-state index is 0.0343. The molecule has 0 aromatic heterocycles. The van der Waals surface area contributed by atoms with Gasteiger partial charge in [0.15, 0.2) is 0 Å². The van der Waals surface area contributed by atoms with E-state index in [0.717, 1.165) is 16.2 Å². The zero-order valence-electron chi connectivity index (χ0n) is 10.6. The molecule has 8 heteroatoms. The molecule has 0 saturated carbocycles. The molecule has 0 unspecified atom stereocenters. The molecule has 0 heterocycles. The van der Waals surface area contributed by atoms with Gasteiger partial charge in [0.2, 0.25) is 10.3 Å². The minimum atomic E-state index is -0.583. The smallest absolute Gasteiger partial charge is 0.325 e. The van der Waals surface area contributed by atoms with Crippen LogP contribution < -0.4 is 10.6 Å². The van der Waals surface area contributed by atoms with Crippen LogP contribution in [0.3, 0.4) is 0 Å². The molecule has 0 bridgehead atoms. The Morgan fingerprint density at radius 2 is 2.00 bits per heavy atom. The van der Waals surface area contributed by atoms with Crippen LogP contribution >= 0.6 is 39.9 Å². The van der Waals surface area contributed by atoms with E-state index in [4.69, 9.17) is 17.0 Å². The van der Waals surface area contributed by atoms with Crippen LogP contribution in [0.25, 0.3) is 0 Å². The Morgan fingerprint density at radius 3 is 2.60 bits per heavy atom. The Labute approximate surface area is 135 Å². The summed E-state index contributed by atoms with van der Waals surface area (Å²) in [5, 5.41) is 4.75. The van der Waals surface area contributed by atoms with Crippen LogP contribution in [0.2, 0.25) is 0 Å². The van der Waals surface area contributed by atoms with Crippen LogP contribution in [-0.4, -0.2) is 28.7 Å². The summed E-state index contributed by atoms with van der Waals surface area (Å²) in [6.45, 7) is 2.26. The van der Waals surface area contributed by atoms with Gasteiger partial charge in [-0.25, -0.2) is 4.79 Å². The Kier molecular flexibility index (Phi) is 7.56. The van der Waals surface area contributed by atoms with Gasteiger partial charge in [-0.05, 0) is 43.4 Å². The number of imide groups is 1. The molecule has 1 aromatic carbocycles. The monoisotopic (exact) mass is 376 g/mol. The number of benzene rings is 1. The molecule has 0 atom stereocenters. The second-order valence-electron chi connectivity index (χ2n) is 3.48. The number of hydrogen-bond acceptors (Lipinski definition) is 5. The van der Waals surface area contributed by atoms with Gasteiger partial charge in [0.1, 0.15) is 0 Å². The second kappa shape index (κ2) is 8.93. The van der Waals surface area contributed by atoms with Gasteiger partial charge in [0.25, 0.3) is 0 Å². The fourth-order valence-corrected chi connectivity index (χ4v) is 2.22. The van der Waals surface area contributed by atoms with Crippen LogP contribution in [-0.2, 0) is 9.53 Å². The maximum atomic E-state index is 11.6. The molecule has 1 aromatic rings. The molecule has 0 aliphatic heterocycles. The van der Waals surface area contributed by atoms with Crippen LogP contribution in [0.5, 0.6) is 0 Å². The number of halogens is 1. The van der Waals surface area contributed by atoms with Crippen molar-refractivity contribution in [1.29, 1.82) is 0 Å². The van der Waals surface area contributed by atoms with Gasteiger partial charge in [-0.1, -0.05) is 27.7 Å². The highest BCUT2D eigenvalue weighted by Crippen LogP contribution is 2.13. The number of carbonyl (C=O) groups excluding carboxylic acids is 2. The predicted octanol–water partition coefficient (Wildman–Crippen LogP) is 3.15. The number of thiocarbonyl (C=S) groups is 1. The molecule has 1 rings (SSSR count). The highest BCUT2D eigenvalue weighted by atomic mass is 79.9. The quantitative estimate of drug-likeness (QED) is 0.790. The Bertz CT molecular complexity index is 494. The van der Waals surface area contributed by atoms with E-state index in [-0.39, 0.29) is 10.1 Å². The zero-order valence-corrected chi connectivity index (χ0v) is 13.9. The summed E-state index contributed by atoms with van der Waals surface area (Å²) >= 11 is 9.22. The first-order valence-corrected chi connectivity index (χ1v) is 7.86. The first-order valence-electron chi connectivity index (χ1n) is 5.67. The highest BCUT2D eigenvalue weighted by molar-refractivity contribution is 9.10. The number of ether oxygens (including phenoxy) is 1. The van der Waals surface area contributed by atoms with Crippen LogP contribution in [0.15, 0.2) is 28.7 Å². The summed E-state index contributed by atoms with van der Waals surface area (Å²) < 4.78 is 6.20. The van der Waals surface area contributed by atoms with E-state index < -0.39 is 11.9 Å². The van der Waals surface area contributed by atoms with Gasteiger partial charge in [0.05, 0.1) is 12.4 Å². The average molecular weight is 377 g/mol. The lowest BCUT2D eigenvalue weighted by Gasteiger charge is -2.07. The second-order valence-corrected chi connectivity index (χ2v) is 5.97. The fraction of sp³-hybridized carbons (Fsp3) is 0.250. The topological polar surface area (TPSA) is 67.4 Å². The summed E-state index contributed by atoms with van der Waals surface area (Å²) in [4.78, 5) is 23.0. The molecule has 0 fully saturated rings. The molecule has 0 spiro atoms. The predicted molar refractivity (Wildman–Crippen MR) is 88.0 cm³/mol. The Hall–Kier alpha value is -1.12. The Balaban J connectivity index is 2.33. The van der Waals surface area contributed by atoms with Crippen molar-refractivity contribution in [3.05, 3.63) is 28.7 Å². The number of urea groups is 1. The van der Waals surface area contributed by atoms with Crippen molar-refractivity contribution in [1.82, 2.24) is 5.32 Å². The number of nitrogens with one attached hydrogen (secondary N) is 2. The third kappa shape index (κ3) is 6.88. The zero-order chi connectivity index (χ0) is 15.0. The molecule has 2 N–H and O–H groups in total. The Morgan fingerprint density at radius 1 is 1.35 bits per heavy atom. The normalized spacial score (nSPS) is 9.70. The molecule has 0 aliphatic carbocycles. The molecule has 20 heavy (non-hydrogen) atoms. The van der Waals surface area contributed by atoms with Crippen molar-refractivity contribution in [3.63, 3.8) is 0 Å². The molecule has 0 saturated heterocycles. The van der Waals surface area contributed by atoms with Crippen molar-refractivity contribution >= 4 is 61.9 Å². The SMILES string of the molecule is CCOC(=S)SCC(=O)NC(=O)Nc1ccc(Br)cc1. The number of amides is 3. The first-order chi connectivity index (χ1) is 9.51. The van der Waals surface area contributed by atoms with E-state index in [0.29, 0.717) is 12.3 Å². The van der Waals surface area contributed by atoms with Crippen LogP contribution in [0.1, 0.15) is 6.92 Å². The third-order valence-corrected chi connectivity index (χ3v) is 3.70. The summed E-state index contributed by atoms with van der Waals surface area (Å²) in [7, 11) is 0. The van der Waals surface area contributed by atoms with E-state index in [1.54, 1.807) is 31.2 Å². The van der Waals surface area contributed by atoms with Gasteiger partial charge < -0.3 is 10.1 Å². The summed E-state index contributed by atoms with van der Waals surface area (Å²) in [5.41, 5.74) is 0.594. The van der Waals surface area contributed by atoms with Gasteiger partial charge in [-0.2, -0.15) is 0 Å². The molecular formula is C12H13BrN2O3S2. The van der Waals surface area contributed by atoms with Crippen molar-refractivity contribution in [2.75, 3.05) is 17.7 Å². The van der Waals surface area contributed by atoms with Crippen molar-refractivity contribution < 1.29 is 14.3 Å². The molecule has 0 radical (unpaired) electrons. The molecular weight excluding hydrogens is 364 g/mol. The highest BCUT2D eigenvalue weighted by Gasteiger charge is 2.09. The number of rotatable bonds is 4. The average Bonchev–Trinajstić information content (AvgIpc) is 2.39. The van der Waals surface area contributed by atoms with Gasteiger partial charge in [0, 0.05) is 10.2 Å². The summed E-state index contributed by atoms with van der Waals surface area (Å²) in [6.07, 6.45) is 0. The van der Waals surface area contributed by atoms with Crippen molar-refractivity contribution in [2.45, 2.75) is 6.92 Å². The van der Waals surface area contributed by atoms with Crippen molar-refractivity contribution in [2.24, 2.45) is 0 Å². The van der Waals surface area contributed by atoms with Gasteiger partial charge in [-0.15, -0.1) is 0 Å². The minimum Gasteiger partial charge on any atom is -0.479 e. The summed E-state index contributed by atoms with van der Waals surface area (Å²) in [5.74, 6) is -0.404. The lowest BCUT2D eigenvalue weighted by Crippen LogP contribution is -2.35. The van der Waals surface area contributed by atoms with Crippen LogP contribution in [0.4, 0.5) is 10.5 Å². The van der Waals surface area contributed by atoms with Crippen LogP contribution in [0, 0.1) is 0 Å². The summed E-state index contributed by atoms with van der Waals surface area (Å²) in [6, 6.07) is 6.42. The van der Waals surface area contributed by atoms with Gasteiger partial charge >= 0.3 is 6.03 Å². The number of anilines is 1. The molecule has 0 aliphatic rings. The maximum Gasteiger partial charge on any atom is 0.325 e. The van der Waals surface area contributed by atoms with Crippen molar-refractivity contribution in [3.8, 4) is 0 Å². The largest absolute Gasteiger partial charge is 0.479 e. The number of carbonyl (C=O) groups is 2. The lowest BCUT2D eigenvalue weighted by atomic mass is 10.3. The number of thioether (sulfide) groups is 1. The molecule has 3 amide bonds. The van der Waals surface area contributed by atoms with E-state index in [1.165, 1.54) is 0 Å². The molecule has 5 nitrogen and oxygen atoms in total. The maximum absolute atomic E-state index is 11.6. The van der Waals surface area contributed by atoms with Gasteiger partial charge in [-0.3, -0.25) is 10.1 Å². The van der Waals surface area contributed by atoms with E-state index >= 15 is 0 Å². The van der Waals surface area contributed by atoms with E-state index in [2.05, 4.69) is 26.6 Å². The third-order valence-electron chi connectivity index (χ3n) is 1.94. The molecule has 108 valence electrons. The van der Waals surface area contributed by atoms with E-state index in [9.17, 15) is 9.59 Å².